The number of furan rings is 2. The predicted molar refractivity (Wildman–Crippen MR) is 340 cm³/mol. The number of anilines is 2. The normalized spacial score (nSPS) is 11.4. The summed E-state index contributed by atoms with van der Waals surface area (Å²) in [7, 11) is 3.10. The van der Waals surface area contributed by atoms with Crippen LogP contribution < -0.4 is 20.9 Å². The van der Waals surface area contributed by atoms with Crippen molar-refractivity contribution in [2.24, 2.45) is 0 Å². The van der Waals surface area contributed by atoms with Gasteiger partial charge in [0.25, 0.3) is 11.8 Å². The SMILES string of the molecule is CCN(C#N)c1cc2oc(-c3ccc(F)cc3)c(C(=O)NC)c2cc1-c1cccc(C(=O)CCC(C)(C)c2ccccc2)c1.CCNc1cc2oc(-c3ccc(F)cc3)c(C(=O)NC)c2cc1-c1cccc(C(=O)CCC(C)(C)c2ccccc2)c1. The molecule has 0 bridgehead atoms. The van der Waals surface area contributed by atoms with Gasteiger partial charge in [-0.2, -0.15) is 5.26 Å². The molecular weight excluding hydrogens is 1080 g/mol. The number of carbonyl (C=O) groups excluding carboxylic acids is 4. The highest BCUT2D eigenvalue weighted by Gasteiger charge is 2.28. The number of hydrogen-bond acceptors (Lipinski definition) is 9. The topological polar surface area (TPSA) is 158 Å². The van der Waals surface area contributed by atoms with Crippen molar-refractivity contribution in [1.82, 2.24) is 10.6 Å². The molecule has 0 spiro atoms. The molecule has 10 rings (SSSR count). The van der Waals surface area contributed by atoms with Gasteiger partial charge in [0, 0.05) is 102 Å². The van der Waals surface area contributed by atoms with E-state index in [9.17, 15) is 33.2 Å². The molecule has 0 atom stereocenters. The Hall–Kier alpha value is -9.93. The summed E-state index contributed by atoms with van der Waals surface area (Å²) in [6, 6.07) is 54.4. The van der Waals surface area contributed by atoms with Crippen molar-refractivity contribution in [2.45, 2.75) is 78.1 Å². The number of carbonyl (C=O) groups is 4. The maximum Gasteiger partial charge on any atom is 0.255 e. The molecule has 0 saturated carbocycles. The maximum absolute atomic E-state index is 13.7. The quantitative estimate of drug-likeness (QED) is 0.0384. The summed E-state index contributed by atoms with van der Waals surface area (Å²) in [4.78, 5) is 54.7. The Morgan fingerprint density at radius 2 is 0.953 bits per heavy atom. The summed E-state index contributed by atoms with van der Waals surface area (Å²) < 4.78 is 39.8. The van der Waals surface area contributed by atoms with E-state index in [0.717, 1.165) is 28.8 Å². The van der Waals surface area contributed by atoms with Crippen LogP contribution in [0.3, 0.4) is 0 Å². The summed E-state index contributed by atoms with van der Waals surface area (Å²) in [6.07, 6.45) is 4.44. The van der Waals surface area contributed by atoms with Gasteiger partial charge in [-0.1, -0.05) is 125 Å². The maximum atomic E-state index is 13.7. The molecule has 0 radical (unpaired) electrons. The Morgan fingerprint density at radius 3 is 1.37 bits per heavy atom. The Balaban J connectivity index is 0.000000206. The molecule has 2 heterocycles. The first kappa shape index (κ1) is 60.7. The first-order valence-electron chi connectivity index (χ1n) is 28.8. The van der Waals surface area contributed by atoms with E-state index in [1.807, 2.05) is 117 Å². The summed E-state index contributed by atoms with van der Waals surface area (Å²) in [6.45, 7) is 13.6. The van der Waals surface area contributed by atoms with Crippen molar-refractivity contribution >= 4 is 56.7 Å². The van der Waals surface area contributed by atoms with Crippen molar-refractivity contribution in [2.75, 3.05) is 37.4 Å². The molecule has 11 nitrogen and oxygen atoms in total. The van der Waals surface area contributed by atoms with Gasteiger partial charge in [0.15, 0.2) is 17.8 Å². The van der Waals surface area contributed by atoms with Gasteiger partial charge in [-0.3, -0.25) is 24.1 Å². The molecule has 0 unspecified atom stereocenters. The third kappa shape index (κ3) is 13.2. The number of ketones is 2. The van der Waals surface area contributed by atoms with E-state index in [1.54, 1.807) is 37.4 Å². The highest BCUT2D eigenvalue weighted by Crippen LogP contribution is 2.43. The first-order valence-corrected chi connectivity index (χ1v) is 28.8. The number of nitrogens with zero attached hydrogens (tertiary/aromatic N) is 2. The number of nitrogens with one attached hydrogen (secondary N) is 3. The van der Waals surface area contributed by atoms with E-state index >= 15 is 0 Å². The monoisotopic (exact) mass is 1150 g/mol. The van der Waals surface area contributed by atoms with Crippen LogP contribution in [-0.2, 0) is 10.8 Å². The molecular formula is C73H69F2N5O6. The number of nitriles is 1. The van der Waals surface area contributed by atoms with Gasteiger partial charge >= 0.3 is 0 Å². The van der Waals surface area contributed by atoms with Crippen LogP contribution in [0.2, 0.25) is 0 Å². The zero-order valence-electron chi connectivity index (χ0n) is 49.7. The van der Waals surface area contributed by atoms with Gasteiger partial charge in [0.05, 0.1) is 16.8 Å². The second kappa shape index (κ2) is 26.3. The molecule has 13 heteroatoms. The lowest BCUT2D eigenvalue weighted by atomic mass is 9.79. The summed E-state index contributed by atoms with van der Waals surface area (Å²) in [5.74, 6) is -0.660. The zero-order valence-corrected chi connectivity index (χ0v) is 49.7. The molecule has 0 aliphatic heterocycles. The second-order valence-corrected chi connectivity index (χ2v) is 22.4. The number of halogens is 2. The molecule has 10 aromatic rings. The van der Waals surface area contributed by atoms with E-state index in [0.29, 0.717) is 110 Å². The van der Waals surface area contributed by atoms with Gasteiger partial charge < -0.3 is 24.8 Å². The predicted octanol–water partition coefficient (Wildman–Crippen LogP) is 17.2. The highest BCUT2D eigenvalue weighted by atomic mass is 19.1. The average molecular weight is 1150 g/mol. The van der Waals surface area contributed by atoms with Crippen molar-refractivity contribution in [3.63, 3.8) is 0 Å². The molecule has 0 fully saturated rings. The molecule has 8 aromatic carbocycles. The molecule has 436 valence electrons. The minimum Gasteiger partial charge on any atom is -0.455 e. The summed E-state index contributed by atoms with van der Waals surface area (Å²) in [5.41, 5.74) is 10.6. The van der Waals surface area contributed by atoms with E-state index in [-0.39, 0.29) is 40.0 Å². The van der Waals surface area contributed by atoms with Crippen LogP contribution in [-0.4, -0.2) is 50.6 Å². The Morgan fingerprint density at radius 1 is 0.523 bits per heavy atom. The van der Waals surface area contributed by atoms with Crippen LogP contribution >= 0.6 is 0 Å². The molecule has 3 N–H and O–H groups in total. The second-order valence-electron chi connectivity index (χ2n) is 22.4. The standard InChI is InChI=1S/C37H34FN3O3.C36H35FN2O3/c1-5-41(23-39)31-22-33-30(34(36(43)40-4)35(44-33)24-14-16-28(38)17-15-24)21-29(31)25-10-9-11-26(20-25)32(42)18-19-37(2,3)27-12-7-6-8-13-27;1-5-39-30-22-32-29(33(35(41)38-4)34(42-32)23-14-16-27(37)17-15-23)21-28(30)24-10-9-11-25(20-24)31(40)18-19-36(2,3)26-12-7-6-8-13-26/h6-17,20-22H,5,18-19H2,1-4H3,(H,40,43);6-17,20-22,39H,5,18-19H2,1-4H3,(H,38,41). The van der Waals surface area contributed by atoms with E-state index in [1.165, 1.54) is 47.3 Å². The number of Topliss-reactive ketones (excluding diaryl/α,β-unsaturated/α-hetero) is 2. The Kier molecular flexibility index (Phi) is 18.6. The molecule has 86 heavy (non-hydrogen) atoms. The third-order valence-electron chi connectivity index (χ3n) is 15.9. The number of rotatable bonds is 20. The first-order chi connectivity index (χ1) is 41.4. The van der Waals surface area contributed by atoms with Crippen LogP contribution in [0.1, 0.15) is 120 Å². The lowest BCUT2D eigenvalue weighted by Crippen LogP contribution is -2.19. The van der Waals surface area contributed by atoms with Crippen LogP contribution in [0, 0.1) is 23.1 Å². The molecule has 2 aromatic heterocycles. The van der Waals surface area contributed by atoms with Gasteiger partial charge in [-0.15, -0.1) is 0 Å². The lowest BCUT2D eigenvalue weighted by Gasteiger charge is -2.25. The van der Waals surface area contributed by atoms with Crippen molar-refractivity contribution < 1.29 is 36.8 Å². The van der Waals surface area contributed by atoms with Crippen molar-refractivity contribution in [3.05, 3.63) is 227 Å². The van der Waals surface area contributed by atoms with Crippen molar-refractivity contribution in [3.8, 4) is 51.1 Å². The van der Waals surface area contributed by atoms with Crippen LogP contribution in [0.25, 0.3) is 66.8 Å². The highest BCUT2D eigenvalue weighted by molar-refractivity contribution is 6.14. The van der Waals surface area contributed by atoms with Gasteiger partial charge in [-0.05, 0) is 133 Å². The van der Waals surface area contributed by atoms with Gasteiger partial charge in [0.2, 0.25) is 0 Å². The smallest absolute Gasteiger partial charge is 0.255 e. The lowest BCUT2D eigenvalue weighted by molar-refractivity contribution is 0.0956. The van der Waals surface area contributed by atoms with E-state index in [2.05, 4.69) is 74.1 Å². The number of benzene rings is 8. The fourth-order valence-corrected chi connectivity index (χ4v) is 10.8. The summed E-state index contributed by atoms with van der Waals surface area (Å²) in [5, 5.41) is 20.0. The fraction of sp³-hybridized carbons (Fsp3) is 0.219. The van der Waals surface area contributed by atoms with Crippen LogP contribution in [0.5, 0.6) is 0 Å². The minimum absolute atomic E-state index is 0.0269. The fourth-order valence-electron chi connectivity index (χ4n) is 10.8. The minimum atomic E-state index is -0.401. The van der Waals surface area contributed by atoms with Crippen LogP contribution in [0.15, 0.2) is 191 Å². The van der Waals surface area contributed by atoms with E-state index < -0.39 is 5.82 Å². The van der Waals surface area contributed by atoms with Crippen molar-refractivity contribution in [1.29, 1.82) is 5.26 Å². The average Bonchev–Trinajstić information content (AvgIpc) is 1.87. The zero-order chi connectivity index (χ0) is 61.3. The van der Waals surface area contributed by atoms with Gasteiger partial charge in [0.1, 0.15) is 34.3 Å². The number of hydrogen-bond donors (Lipinski definition) is 3. The summed E-state index contributed by atoms with van der Waals surface area (Å²) >= 11 is 0. The Bertz CT molecular complexity index is 4140. The Labute approximate surface area is 500 Å². The van der Waals surface area contributed by atoms with Crippen LogP contribution in [0.4, 0.5) is 20.2 Å². The largest absolute Gasteiger partial charge is 0.455 e. The number of fused-ring (bicyclic) bond motifs is 2. The molecule has 0 aliphatic rings. The molecule has 0 saturated heterocycles. The van der Waals surface area contributed by atoms with Gasteiger partial charge in [-0.25, -0.2) is 8.78 Å². The third-order valence-corrected chi connectivity index (χ3v) is 15.9. The number of amides is 2. The van der Waals surface area contributed by atoms with E-state index in [4.69, 9.17) is 8.83 Å². The molecule has 2 amide bonds. The molecule has 0 aliphatic carbocycles.